The zero-order chi connectivity index (χ0) is 20.5. The first-order valence-electron chi connectivity index (χ1n) is 9.30. The second-order valence-electron chi connectivity index (χ2n) is 6.50. The zero-order valence-corrected chi connectivity index (χ0v) is 17.6. The number of hydrogen-bond donors (Lipinski definition) is 2. The van der Waals surface area contributed by atoms with Crippen LogP contribution in [0.15, 0.2) is 35.5 Å². The number of imide groups is 1. The molecule has 2 N–H and O–H groups in total. The minimum atomic E-state index is -0.488. The van der Waals surface area contributed by atoms with Crippen molar-refractivity contribution in [1.82, 2.24) is 30.3 Å². The highest BCUT2D eigenvalue weighted by Crippen LogP contribution is 2.26. The van der Waals surface area contributed by atoms with Gasteiger partial charge in [-0.05, 0) is 33.0 Å². The average Bonchev–Trinajstić information content (AvgIpc) is 3.04. The molecule has 152 valence electrons. The van der Waals surface area contributed by atoms with Crippen LogP contribution in [0.25, 0.3) is 0 Å². The van der Waals surface area contributed by atoms with E-state index in [4.69, 9.17) is 0 Å². The number of benzene rings is 1. The smallest absolute Gasteiger partial charge is 0.321 e. The molecular weight excluding hydrogens is 376 g/mol. The molecular formula is C19H28N6O2S. The number of thioether (sulfide) groups is 1. The van der Waals surface area contributed by atoms with Gasteiger partial charge in [-0.1, -0.05) is 49.0 Å². The molecule has 0 aliphatic rings. The minimum Gasteiger partial charge on any atom is -0.338 e. The molecule has 0 bridgehead atoms. The Labute approximate surface area is 170 Å². The van der Waals surface area contributed by atoms with Crippen LogP contribution < -0.4 is 10.6 Å². The summed E-state index contributed by atoms with van der Waals surface area (Å²) in [6.45, 7) is 4.98. The summed E-state index contributed by atoms with van der Waals surface area (Å²) in [7, 11) is 4.03. The van der Waals surface area contributed by atoms with Crippen molar-refractivity contribution in [3.05, 3.63) is 41.7 Å². The Morgan fingerprint density at radius 1 is 1.18 bits per heavy atom. The molecule has 0 saturated heterocycles. The number of nitrogens with one attached hydrogen (secondary N) is 2. The zero-order valence-electron chi connectivity index (χ0n) is 16.8. The van der Waals surface area contributed by atoms with Crippen LogP contribution in [-0.4, -0.2) is 58.0 Å². The topological polar surface area (TPSA) is 92.2 Å². The van der Waals surface area contributed by atoms with Gasteiger partial charge in [0.15, 0.2) is 11.0 Å². The summed E-state index contributed by atoms with van der Waals surface area (Å²) in [5, 5.41) is 14.2. The van der Waals surface area contributed by atoms with Gasteiger partial charge in [-0.2, -0.15) is 0 Å². The van der Waals surface area contributed by atoms with E-state index in [1.165, 1.54) is 11.8 Å². The SMILES string of the molecule is CCNC(=O)NC(=O)CSc1nnc([C@@H](CC)N(C)C)n1Cc1ccccc1. The summed E-state index contributed by atoms with van der Waals surface area (Å²) in [5.74, 6) is 0.581. The molecule has 0 saturated carbocycles. The van der Waals surface area contributed by atoms with Gasteiger partial charge in [-0.25, -0.2) is 4.79 Å². The molecule has 3 amide bonds. The number of aromatic nitrogens is 3. The number of hydrogen-bond acceptors (Lipinski definition) is 6. The molecule has 0 spiro atoms. The van der Waals surface area contributed by atoms with E-state index in [1.807, 2.05) is 36.9 Å². The molecule has 2 rings (SSSR count). The molecule has 0 radical (unpaired) electrons. The summed E-state index contributed by atoms with van der Waals surface area (Å²) in [6.07, 6.45) is 0.891. The molecule has 8 nitrogen and oxygen atoms in total. The lowest BCUT2D eigenvalue weighted by Crippen LogP contribution is -2.40. The van der Waals surface area contributed by atoms with Crippen molar-refractivity contribution < 1.29 is 9.59 Å². The average molecular weight is 405 g/mol. The third kappa shape index (κ3) is 6.07. The maximum absolute atomic E-state index is 12.0. The van der Waals surface area contributed by atoms with Crippen LogP contribution >= 0.6 is 11.8 Å². The maximum Gasteiger partial charge on any atom is 0.321 e. The van der Waals surface area contributed by atoms with E-state index in [0.717, 1.165) is 17.8 Å². The number of carbonyl (C=O) groups excluding carboxylic acids is 2. The van der Waals surface area contributed by atoms with Crippen molar-refractivity contribution >= 4 is 23.7 Å². The molecule has 1 aromatic heterocycles. The molecule has 1 atom stereocenters. The van der Waals surface area contributed by atoms with Crippen molar-refractivity contribution in [1.29, 1.82) is 0 Å². The lowest BCUT2D eigenvalue weighted by molar-refractivity contribution is -0.117. The highest BCUT2D eigenvalue weighted by Gasteiger charge is 2.22. The maximum atomic E-state index is 12.0. The van der Waals surface area contributed by atoms with Crippen molar-refractivity contribution in [2.45, 2.75) is 38.0 Å². The predicted octanol–water partition coefficient (Wildman–Crippen LogP) is 2.28. The Kier molecular flexibility index (Phi) is 8.46. The monoisotopic (exact) mass is 404 g/mol. The lowest BCUT2D eigenvalue weighted by Gasteiger charge is -2.23. The van der Waals surface area contributed by atoms with Crippen LogP contribution in [0.5, 0.6) is 0 Å². The summed E-state index contributed by atoms with van der Waals surface area (Å²) >= 11 is 1.27. The van der Waals surface area contributed by atoms with Crippen molar-refractivity contribution in [3.8, 4) is 0 Å². The highest BCUT2D eigenvalue weighted by molar-refractivity contribution is 7.99. The summed E-state index contributed by atoms with van der Waals surface area (Å²) < 4.78 is 2.05. The third-order valence-electron chi connectivity index (χ3n) is 4.16. The summed E-state index contributed by atoms with van der Waals surface area (Å²) in [5.41, 5.74) is 1.13. The Hall–Kier alpha value is -2.39. The molecule has 0 unspecified atom stereocenters. The molecule has 28 heavy (non-hydrogen) atoms. The highest BCUT2D eigenvalue weighted by atomic mass is 32.2. The van der Waals surface area contributed by atoms with Gasteiger partial charge in [0.25, 0.3) is 0 Å². The largest absolute Gasteiger partial charge is 0.338 e. The second-order valence-corrected chi connectivity index (χ2v) is 7.44. The van der Waals surface area contributed by atoms with Gasteiger partial charge >= 0.3 is 6.03 Å². The van der Waals surface area contributed by atoms with E-state index in [-0.39, 0.29) is 17.7 Å². The van der Waals surface area contributed by atoms with Crippen molar-refractivity contribution in [2.75, 3.05) is 26.4 Å². The molecule has 1 aromatic carbocycles. The van der Waals surface area contributed by atoms with Crippen LogP contribution in [0.2, 0.25) is 0 Å². The van der Waals surface area contributed by atoms with Gasteiger partial charge in [0.1, 0.15) is 0 Å². The van der Waals surface area contributed by atoms with Crippen molar-refractivity contribution in [3.63, 3.8) is 0 Å². The molecule has 1 heterocycles. The van der Waals surface area contributed by atoms with Crippen LogP contribution in [0.1, 0.15) is 37.7 Å². The van der Waals surface area contributed by atoms with Gasteiger partial charge in [0, 0.05) is 6.54 Å². The fraction of sp³-hybridized carbons (Fsp3) is 0.474. The molecule has 0 fully saturated rings. The van der Waals surface area contributed by atoms with Gasteiger partial charge in [0.05, 0.1) is 18.3 Å². The van der Waals surface area contributed by atoms with Crippen LogP contribution in [0.3, 0.4) is 0 Å². The number of amides is 3. The normalized spacial score (nSPS) is 12.0. The Balaban J connectivity index is 2.19. The Morgan fingerprint density at radius 3 is 2.50 bits per heavy atom. The van der Waals surface area contributed by atoms with E-state index in [9.17, 15) is 9.59 Å². The number of urea groups is 1. The standard InChI is InChI=1S/C19H28N6O2S/c1-5-15(24(3)4)17-22-23-19(25(17)12-14-10-8-7-9-11-14)28-13-16(26)21-18(27)20-6-2/h7-11,15H,5-6,12-13H2,1-4H3,(H2,20,21,26,27)/t15-/m1/s1. The number of carbonyl (C=O) groups is 2. The first-order chi connectivity index (χ1) is 13.5. The van der Waals surface area contributed by atoms with E-state index in [2.05, 4.69) is 44.8 Å². The summed E-state index contributed by atoms with van der Waals surface area (Å²) in [6, 6.07) is 9.71. The summed E-state index contributed by atoms with van der Waals surface area (Å²) in [4.78, 5) is 25.6. The van der Waals surface area contributed by atoms with Gasteiger partial charge in [0.2, 0.25) is 5.91 Å². The van der Waals surface area contributed by atoms with Gasteiger partial charge in [-0.3, -0.25) is 15.0 Å². The van der Waals surface area contributed by atoms with E-state index >= 15 is 0 Å². The van der Waals surface area contributed by atoms with E-state index in [1.54, 1.807) is 6.92 Å². The first kappa shape index (κ1) is 21.9. The minimum absolute atomic E-state index is 0.0861. The molecule has 0 aliphatic carbocycles. The van der Waals surface area contributed by atoms with Crippen LogP contribution in [-0.2, 0) is 11.3 Å². The number of nitrogens with zero attached hydrogens (tertiary/aromatic N) is 4. The van der Waals surface area contributed by atoms with Crippen LogP contribution in [0, 0.1) is 0 Å². The quantitative estimate of drug-likeness (QED) is 0.623. The fourth-order valence-corrected chi connectivity index (χ4v) is 3.59. The van der Waals surface area contributed by atoms with Crippen molar-refractivity contribution in [2.24, 2.45) is 0 Å². The van der Waals surface area contributed by atoms with Gasteiger partial charge in [-0.15, -0.1) is 10.2 Å². The first-order valence-corrected chi connectivity index (χ1v) is 10.3. The molecule has 0 aliphatic heterocycles. The van der Waals surface area contributed by atoms with Gasteiger partial charge < -0.3 is 9.88 Å². The lowest BCUT2D eigenvalue weighted by atomic mass is 10.2. The van der Waals surface area contributed by atoms with E-state index < -0.39 is 6.03 Å². The predicted molar refractivity (Wildman–Crippen MR) is 110 cm³/mol. The Bertz CT molecular complexity index is 778. The fourth-order valence-electron chi connectivity index (χ4n) is 2.84. The third-order valence-corrected chi connectivity index (χ3v) is 5.13. The second kappa shape index (κ2) is 10.8. The molecule has 2 aromatic rings. The molecule has 9 heteroatoms. The number of rotatable bonds is 9. The Morgan fingerprint density at radius 2 is 1.89 bits per heavy atom. The van der Waals surface area contributed by atoms with E-state index in [0.29, 0.717) is 18.2 Å². The van der Waals surface area contributed by atoms with Crippen LogP contribution in [0.4, 0.5) is 4.79 Å².